The minimum absolute atomic E-state index is 0.128. The molecule has 0 atom stereocenters. The third-order valence-electron chi connectivity index (χ3n) is 2.26. The monoisotopic (exact) mass is 172 g/mol. The molecule has 0 spiro atoms. The Hall–Kier alpha value is -0.770. The summed E-state index contributed by atoms with van der Waals surface area (Å²) in [4.78, 5) is 10.9. The van der Waals surface area contributed by atoms with E-state index < -0.39 is 0 Å². The largest absolute Gasteiger partial charge is 0.393 e. The van der Waals surface area contributed by atoms with Crippen LogP contribution in [-0.2, 0) is 0 Å². The second-order valence-corrected chi connectivity index (χ2v) is 3.23. The van der Waals surface area contributed by atoms with Gasteiger partial charge in [0.15, 0.2) is 0 Å². The van der Waals surface area contributed by atoms with E-state index in [-0.39, 0.29) is 18.2 Å². The van der Waals surface area contributed by atoms with Crippen molar-refractivity contribution in [1.29, 1.82) is 0 Å². The van der Waals surface area contributed by atoms with Gasteiger partial charge in [0.05, 0.1) is 6.10 Å². The Kier molecular flexibility index (Phi) is 3.34. The minimum Gasteiger partial charge on any atom is -0.393 e. The first-order valence-electron chi connectivity index (χ1n) is 4.38. The Morgan fingerprint density at radius 3 is 2.42 bits per heavy atom. The number of aliphatic hydroxyl groups is 1. The molecule has 1 aliphatic rings. The van der Waals surface area contributed by atoms with Crippen LogP contribution in [0.4, 0.5) is 4.79 Å². The van der Waals surface area contributed by atoms with E-state index in [1.807, 2.05) is 0 Å². The summed E-state index contributed by atoms with van der Waals surface area (Å²) in [5.74, 6) is 0. The molecule has 0 unspecified atom stereocenters. The Labute approximate surface area is 72.3 Å². The molecule has 0 aromatic carbocycles. The summed E-state index contributed by atoms with van der Waals surface area (Å²) in [6, 6.07) is 0.115. The first kappa shape index (κ1) is 9.32. The van der Waals surface area contributed by atoms with Gasteiger partial charge in [0.1, 0.15) is 0 Å². The first-order valence-corrected chi connectivity index (χ1v) is 4.38. The normalized spacial score (nSPS) is 29.5. The number of hydrogen-bond acceptors (Lipinski definition) is 2. The third-order valence-corrected chi connectivity index (χ3v) is 2.26. The molecule has 0 radical (unpaired) electrons. The summed E-state index contributed by atoms with van der Waals surface area (Å²) in [5, 5.41) is 14.5. The number of urea groups is 1. The molecule has 2 amide bonds. The smallest absolute Gasteiger partial charge is 0.314 e. The van der Waals surface area contributed by atoms with Crippen LogP contribution < -0.4 is 10.6 Å². The molecule has 1 saturated carbocycles. The number of aliphatic hydroxyl groups excluding tert-OH is 1. The average molecular weight is 172 g/mol. The highest BCUT2D eigenvalue weighted by Gasteiger charge is 2.19. The van der Waals surface area contributed by atoms with Gasteiger partial charge in [-0.2, -0.15) is 0 Å². The SMILES string of the molecule is CNC(=O)N[C@H]1CC[C@H](O)CC1. The van der Waals surface area contributed by atoms with Gasteiger partial charge in [-0.05, 0) is 25.7 Å². The molecule has 0 aromatic rings. The Morgan fingerprint density at radius 2 is 1.92 bits per heavy atom. The molecule has 0 saturated heterocycles. The fourth-order valence-electron chi connectivity index (χ4n) is 1.48. The quantitative estimate of drug-likeness (QED) is 0.530. The van der Waals surface area contributed by atoms with Crippen molar-refractivity contribution < 1.29 is 9.90 Å². The highest BCUT2D eigenvalue weighted by Crippen LogP contribution is 2.17. The zero-order valence-electron chi connectivity index (χ0n) is 7.34. The summed E-state index contributed by atoms with van der Waals surface area (Å²) < 4.78 is 0. The van der Waals surface area contributed by atoms with E-state index in [1.165, 1.54) is 0 Å². The molecule has 3 N–H and O–H groups in total. The molecule has 0 bridgehead atoms. The lowest BCUT2D eigenvalue weighted by Crippen LogP contribution is -2.42. The van der Waals surface area contributed by atoms with Gasteiger partial charge >= 0.3 is 6.03 Å². The van der Waals surface area contributed by atoms with Crippen LogP contribution >= 0.6 is 0 Å². The molecule has 0 aromatic heterocycles. The van der Waals surface area contributed by atoms with E-state index in [1.54, 1.807) is 7.05 Å². The first-order chi connectivity index (χ1) is 5.72. The maximum Gasteiger partial charge on any atom is 0.314 e. The fraction of sp³-hybridized carbons (Fsp3) is 0.875. The van der Waals surface area contributed by atoms with Crippen molar-refractivity contribution in [3.05, 3.63) is 0 Å². The van der Waals surface area contributed by atoms with Crippen LogP contribution in [0.15, 0.2) is 0 Å². The van der Waals surface area contributed by atoms with E-state index in [2.05, 4.69) is 10.6 Å². The molecule has 1 fully saturated rings. The van der Waals surface area contributed by atoms with Crippen molar-refractivity contribution in [2.45, 2.75) is 37.8 Å². The van der Waals surface area contributed by atoms with E-state index in [9.17, 15) is 9.90 Å². The number of hydrogen-bond donors (Lipinski definition) is 3. The fourth-order valence-corrected chi connectivity index (χ4v) is 1.48. The van der Waals surface area contributed by atoms with Gasteiger partial charge < -0.3 is 15.7 Å². The van der Waals surface area contributed by atoms with Crippen molar-refractivity contribution in [1.82, 2.24) is 10.6 Å². The van der Waals surface area contributed by atoms with Crippen molar-refractivity contribution in [2.24, 2.45) is 0 Å². The van der Waals surface area contributed by atoms with Crippen molar-refractivity contribution in [2.75, 3.05) is 7.05 Å². The van der Waals surface area contributed by atoms with Crippen LogP contribution in [0.5, 0.6) is 0 Å². The molecule has 1 rings (SSSR count). The van der Waals surface area contributed by atoms with Crippen LogP contribution in [0.3, 0.4) is 0 Å². The number of carbonyl (C=O) groups excluding carboxylic acids is 1. The lowest BCUT2D eigenvalue weighted by atomic mass is 9.93. The standard InChI is InChI=1S/C8H16N2O2/c1-9-8(12)10-6-2-4-7(11)5-3-6/h6-7,11H,2-5H2,1H3,(H2,9,10,12)/t6-,7-. The van der Waals surface area contributed by atoms with Gasteiger partial charge in [-0.25, -0.2) is 4.79 Å². The van der Waals surface area contributed by atoms with Gasteiger partial charge in [0.25, 0.3) is 0 Å². The van der Waals surface area contributed by atoms with Gasteiger partial charge in [-0.3, -0.25) is 0 Å². The number of carbonyl (C=O) groups is 1. The van der Waals surface area contributed by atoms with Crippen LogP contribution in [0.25, 0.3) is 0 Å². The van der Waals surface area contributed by atoms with Gasteiger partial charge in [-0.15, -0.1) is 0 Å². The minimum atomic E-state index is -0.160. The molecular formula is C8H16N2O2. The van der Waals surface area contributed by atoms with Gasteiger partial charge in [0.2, 0.25) is 0 Å². The summed E-state index contributed by atoms with van der Waals surface area (Å²) in [6.45, 7) is 0. The summed E-state index contributed by atoms with van der Waals surface area (Å²) >= 11 is 0. The van der Waals surface area contributed by atoms with E-state index in [0.717, 1.165) is 25.7 Å². The Morgan fingerprint density at radius 1 is 1.33 bits per heavy atom. The number of rotatable bonds is 1. The van der Waals surface area contributed by atoms with Gasteiger partial charge in [-0.1, -0.05) is 0 Å². The zero-order valence-corrected chi connectivity index (χ0v) is 7.34. The predicted octanol–water partition coefficient (Wildman–Crippen LogP) is 0.219. The second-order valence-electron chi connectivity index (χ2n) is 3.23. The molecule has 0 aliphatic heterocycles. The van der Waals surface area contributed by atoms with Crippen LogP contribution in [-0.4, -0.2) is 30.3 Å². The highest BCUT2D eigenvalue weighted by molar-refractivity contribution is 5.73. The summed E-state index contributed by atoms with van der Waals surface area (Å²) in [7, 11) is 1.60. The molecular weight excluding hydrogens is 156 g/mol. The van der Waals surface area contributed by atoms with E-state index >= 15 is 0 Å². The maximum atomic E-state index is 10.9. The second kappa shape index (κ2) is 4.30. The van der Waals surface area contributed by atoms with Crippen molar-refractivity contribution in [3.63, 3.8) is 0 Å². The molecule has 4 heteroatoms. The molecule has 12 heavy (non-hydrogen) atoms. The summed E-state index contributed by atoms with van der Waals surface area (Å²) in [5.41, 5.74) is 0. The Balaban J connectivity index is 2.21. The van der Waals surface area contributed by atoms with Crippen LogP contribution in [0.2, 0.25) is 0 Å². The molecule has 1 aliphatic carbocycles. The van der Waals surface area contributed by atoms with Crippen LogP contribution in [0, 0.1) is 0 Å². The summed E-state index contributed by atoms with van der Waals surface area (Å²) in [6.07, 6.45) is 3.21. The molecule has 0 heterocycles. The lowest BCUT2D eigenvalue weighted by molar-refractivity contribution is 0.118. The average Bonchev–Trinajstić information content (AvgIpc) is 2.09. The molecule has 4 nitrogen and oxygen atoms in total. The maximum absolute atomic E-state index is 10.9. The van der Waals surface area contributed by atoms with Crippen molar-refractivity contribution >= 4 is 6.03 Å². The zero-order chi connectivity index (χ0) is 8.97. The van der Waals surface area contributed by atoms with Crippen molar-refractivity contribution in [3.8, 4) is 0 Å². The van der Waals surface area contributed by atoms with E-state index in [4.69, 9.17) is 0 Å². The topological polar surface area (TPSA) is 61.4 Å². The molecule has 70 valence electrons. The van der Waals surface area contributed by atoms with Crippen LogP contribution in [0.1, 0.15) is 25.7 Å². The Bertz CT molecular complexity index is 153. The number of amides is 2. The lowest BCUT2D eigenvalue weighted by Gasteiger charge is -2.25. The van der Waals surface area contributed by atoms with Gasteiger partial charge in [0, 0.05) is 13.1 Å². The predicted molar refractivity (Wildman–Crippen MR) is 45.9 cm³/mol. The van der Waals surface area contributed by atoms with E-state index in [0.29, 0.717) is 0 Å². The highest BCUT2D eigenvalue weighted by atomic mass is 16.3. The number of nitrogens with one attached hydrogen (secondary N) is 2. The third kappa shape index (κ3) is 2.70.